The first-order valence-corrected chi connectivity index (χ1v) is 7.06. The molecule has 0 bridgehead atoms. The number of hydrogen-bond acceptors (Lipinski definition) is 3. The SMILES string of the molecule is Cc1ccc(CN)c(N(C)C(C)c2ccccc2Cl)n1. The molecule has 1 aromatic carbocycles. The normalized spacial score (nSPS) is 12.2. The van der Waals surface area contributed by atoms with Crippen LogP contribution in [0.2, 0.25) is 5.02 Å². The van der Waals surface area contributed by atoms with Crippen molar-refractivity contribution in [3.63, 3.8) is 0 Å². The first-order valence-electron chi connectivity index (χ1n) is 6.68. The lowest BCUT2D eigenvalue weighted by molar-refractivity contribution is 0.721. The zero-order chi connectivity index (χ0) is 14.7. The van der Waals surface area contributed by atoms with E-state index in [-0.39, 0.29) is 6.04 Å². The van der Waals surface area contributed by atoms with Crippen LogP contribution in [0.15, 0.2) is 36.4 Å². The van der Waals surface area contributed by atoms with Gasteiger partial charge < -0.3 is 10.6 Å². The summed E-state index contributed by atoms with van der Waals surface area (Å²) in [4.78, 5) is 6.74. The van der Waals surface area contributed by atoms with Crippen molar-refractivity contribution in [2.75, 3.05) is 11.9 Å². The van der Waals surface area contributed by atoms with Gasteiger partial charge in [0.05, 0.1) is 6.04 Å². The van der Waals surface area contributed by atoms with Crippen LogP contribution in [0.25, 0.3) is 0 Å². The monoisotopic (exact) mass is 289 g/mol. The van der Waals surface area contributed by atoms with E-state index in [1.165, 1.54) is 0 Å². The Balaban J connectivity index is 2.38. The van der Waals surface area contributed by atoms with Crippen LogP contribution >= 0.6 is 11.6 Å². The largest absolute Gasteiger partial charge is 0.353 e. The average molecular weight is 290 g/mol. The van der Waals surface area contributed by atoms with Gasteiger partial charge in [-0.05, 0) is 31.5 Å². The first kappa shape index (κ1) is 14.8. The van der Waals surface area contributed by atoms with E-state index in [2.05, 4.69) is 16.8 Å². The highest BCUT2D eigenvalue weighted by atomic mass is 35.5. The lowest BCUT2D eigenvalue weighted by atomic mass is 10.1. The van der Waals surface area contributed by atoms with E-state index >= 15 is 0 Å². The van der Waals surface area contributed by atoms with Gasteiger partial charge in [0.15, 0.2) is 0 Å². The van der Waals surface area contributed by atoms with Crippen LogP contribution in [-0.2, 0) is 6.54 Å². The summed E-state index contributed by atoms with van der Waals surface area (Å²) in [5.41, 5.74) is 8.92. The van der Waals surface area contributed by atoms with Crippen molar-refractivity contribution in [3.8, 4) is 0 Å². The molecule has 0 spiro atoms. The van der Waals surface area contributed by atoms with Gasteiger partial charge in [0.1, 0.15) is 5.82 Å². The second kappa shape index (κ2) is 6.25. The molecule has 0 radical (unpaired) electrons. The minimum atomic E-state index is 0.128. The molecular formula is C16H20ClN3. The molecule has 1 aromatic heterocycles. The zero-order valence-electron chi connectivity index (χ0n) is 12.1. The summed E-state index contributed by atoms with van der Waals surface area (Å²) in [7, 11) is 2.02. The number of pyridine rings is 1. The summed E-state index contributed by atoms with van der Waals surface area (Å²) in [6, 6.07) is 12.0. The molecule has 20 heavy (non-hydrogen) atoms. The predicted molar refractivity (Wildman–Crippen MR) is 85.1 cm³/mol. The fourth-order valence-electron chi connectivity index (χ4n) is 2.24. The zero-order valence-corrected chi connectivity index (χ0v) is 12.9. The van der Waals surface area contributed by atoms with Crippen LogP contribution in [-0.4, -0.2) is 12.0 Å². The molecule has 0 aliphatic carbocycles. The Kier molecular flexibility index (Phi) is 4.63. The van der Waals surface area contributed by atoms with Gasteiger partial charge in [-0.1, -0.05) is 35.9 Å². The molecule has 0 aliphatic heterocycles. The van der Waals surface area contributed by atoms with Crippen molar-refractivity contribution in [3.05, 3.63) is 58.2 Å². The summed E-state index contributed by atoms with van der Waals surface area (Å²) in [5.74, 6) is 0.917. The number of nitrogens with two attached hydrogens (primary N) is 1. The van der Waals surface area contributed by atoms with E-state index in [1.54, 1.807) is 0 Å². The predicted octanol–water partition coefficient (Wildman–Crippen LogP) is 3.70. The quantitative estimate of drug-likeness (QED) is 0.933. The summed E-state index contributed by atoms with van der Waals surface area (Å²) >= 11 is 6.28. The fraction of sp³-hybridized carbons (Fsp3) is 0.312. The first-order chi connectivity index (χ1) is 9.54. The topological polar surface area (TPSA) is 42.1 Å². The fourth-order valence-corrected chi connectivity index (χ4v) is 2.54. The second-order valence-electron chi connectivity index (χ2n) is 4.95. The number of hydrogen-bond donors (Lipinski definition) is 1. The van der Waals surface area contributed by atoms with Gasteiger partial charge in [-0.15, -0.1) is 0 Å². The molecule has 2 rings (SSSR count). The average Bonchev–Trinajstić information content (AvgIpc) is 2.46. The Morgan fingerprint density at radius 2 is 1.95 bits per heavy atom. The maximum Gasteiger partial charge on any atom is 0.133 e. The second-order valence-corrected chi connectivity index (χ2v) is 5.36. The van der Waals surface area contributed by atoms with Crippen molar-refractivity contribution >= 4 is 17.4 Å². The molecule has 1 atom stereocenters. The third kappa shape index (κ3) is 2.94. The molecule has 0 fully saturated rings. The summed E-state index contributed by atoms with van der Waals surface area (Å²) in [6.07, 6.45) is 0. The molecule has 2 N–H and O–H groups in total. The Morgan fingerprint density at radius 3 is 2.60 bits per heavy atom. The van der Waals surface area contributed by atoms with Crippen molar-refractivity contribution in [2.24, 2.45) is 5.73 Å². The van der Waals surface area contributed by atoms with Crippen LogP contribution < -0.4 is 10.6 Å². The molecule has 0 amide bonds. The highest BCUT2D eigenvalue weighted by Crippen LogP contribution is 2.30. The summed E-state index contributed by atoms with van der Waals surface area (Å²) in [5, 5.41) is 0.772. The van der Waals surface area contributed by atoms with Gasteiger partial charge in [0.2, 0.25) is 0 Å². The molecular weight excluding hydrogens is 270 g/mol. The van der Waals surface area contributed by atoms with Crippen LogP contribution in [0.1, 0.15) is 29.8 Å². The Morgan fingerprint density at radius 1 is 1.25 bits per heavy atom. The van der Waals surface area contributed by atoms with Crippen LogP contribution in [0.5, 0.6) is 0 Å². The van der Waals surface area contributed by atoms with Gasteiger partial charge in [-0.25, -0.2) is 4.98 Å². The molecule has 0 saturated carbocycles. The van der Waals surface area contributed by atoms with Gasteiger partial charge >= 0.3 is 0 Å². The lowest BCUT2D eigenvalue weighted by Crippen LogP contribution is -2.25. The van der Waals surface area contributed by atoms with Crippen LogP contribution in [0, 0.1) is 6.92 Å². The molecule has 1 heterocycles. The summed E-state index contributed by atoms with van der Waals surface area (Å²) in [6.45, 7) is 4.57. The molecule has 1 unspecified atom stereocenters. The number of anilines is 1. The lowest BCUT2D eigenvalue weighted by Gasteiger charge is -2.29. The maximum atomic E-state index is 6.28. The number of aryl methyl sites for hydroxylation is 1. The van der Waals surface area contributed by atoms with E-state index in [9.17, 15) is 0 Å². The van der Waals surface area contributed by atoms with Gasteiger partial charge in [-0.3, -0.25) is 0 Å². The van der Waals surface area contributed by atoms with Crippen LogP contribution in [0.3, 0.4) is 0 Å². The Labute approximate surface area is 125 Å². The van der Waals surface area contributed by atoms with E-state index in [0.717, 1.165) is 27.7 Å². The molecule has 106 valence electrons. The highest BCUT2D eigenvalue weighted by molar-refractivity contribution is 6.31. The molecule has 0 saturated heterocycles. The minimum Gasteiger partial charge on any atom is -0.353 e. The summed E-state index contributed by atoms with van der Waals surface area (Å²) < 4.78 is 0. The van der Waals surface area contributed by atoms with E-state index in [0.29, 0.717) is 6.54 Å². The number of aromatic nitrogens is 1. The van der Waals surface area contributed by atoms with Gasteiger partial charge in [0.25, 0.3) is 0 Å². The molecule has 2 aromatic rings. The van der Waals surface area contributed by atoms with Gasteiger partial charge in [-0.2, -0.15) is 0 Å². The number of nitrogens with zero attached hydrogens (tertiary/aromatic N) is 2. The van der Waals surface area contributed by atoms with Crippen LogP contribution in [0.4, 0.5) is 5.82 Å². The third-order valence-corrected chi connectivity index (χ3v) is 3.93. The van der Waals surface area contributed by atoms with E-state index in [1.807, 2.05) is 50.4 Å². The van der Waals surface area contributed by atoms with Gasteiger partial charge in [0, 0.05) is 29.9 Å². The van der Waals surface area contributed by atoms with Crippen molar-refractivity contribution in [1.82, 2.24) is 4.98 Å². The van der Waals surface area contributed by atoms with E-state index < -0.39 is 0 Å². The highest BCUT2D eigenvalue weighted by Gasteiger charge is 2.18. The smallest absolute Gasteiger partial charge is 0.133 e. The number of rotatable bonds is 4. The minimum absolute atomic E-state index is 0.128. The third-order valence-electron chi connectivity index (χ3n) is 3.59. The molecule has 4 heteroatoms. The standard InChI is InChI=1S/C16H20ClN3/c1-11-8-9-13(10-18)16(19-11)20(3)12(2)14-6-4-5-7-15(14)17/h4-9,12H,10,18H2,1-3H3. The molecule has 3 nitrogen and oxygen atoms in total. The van der Waals surface area contributed by atoms with Crippen molar-refractivity contribution < 1.29 is 0 Å². The Bertz CT molecular complexity index is 598. The maximum absolute atomic E-state index is 6.28. The number of benzene rings is 1. The number of halogens is 1. The van der Waals surface area contributed by atoms with Crippen molar-refractivity contribution in [1.29, 1.82) is 0 Å². The molecule has 0 aliphatic rings. The Hall–Kier alpha value is -1.58. The van der Waals surface area contributed by atoms with Crippen molar-refractivity contribution in [2.45, 2.75) is 26.4 Å². The van der Waals surface area contributed by atoms with E-state index in [4.69, 9.17) is 17.3 Å².